The lowest BCUT2D eigenvalue weighted by Gasteiger charge is -2.09. The van der Waals surface area contributed by atoms with Crippen LogP contribution in [0.25, 0.3) is 11.0 Å². The van der Waals surface area contributed by atoms with E-state index in [1.807, 2.05) is 6.92 Å². The third-order valence-corrected chi connectivity index (χ3v) is 5.14. The molecule has 0 spiro atoms. The van der Waals surface area contributed by atoms with Crippen molar-refractivity contribution < 1.29 is 21.8 Å². The lowest BCUT2D eigenvalue weighted by Crippen LogP contribution is -2.10. The van der Waals surface area contributed by atoms with Gasteiger partial charge in [0.25, 0.3) is 0 Å². The molecule has 0 bridgehead atoms. The van der Waals surface area contributed by atoms with Gasteiger partial charge >= 0.3 is 15.7 Å². The van der Waals surface area contributed by atoms with Crippen molar-refractivity contribution in [2.45, 2.75) is 24.7 Å². The Hall–Kier alpha value is -2.80. The zero-order valence-corrected chi connectivity index (χ0v) is 15.2. The Labute approximate surface area is 151 Å². The second kappa shape index (κ2) is 7.21. The van der Waals surface area contributed by atoms with Crippen LogP contribution in [0.4, 0.5) is 0 Å². The number of aryl methyl sites for hydroxylation is 1. The van der Waals surface area contributed by atoms with Gasteiger partial charge in [-0.1, -0.05) is 13.3 Å². The van der Waals surface area contributed by atoms with E-state index >= 15 is 0 Å². The number of hydrogen-bond donors (Lipinski definition) is 0. The highest BCUT2D eigenvalue weighted by molar-refractivity contribution is 7.87. The van der Waals surface area contributed by atoms with Crippen LogP contribution < -0.4 is 14.5 Å². The van der Waals surface area contributed by atoms with Crippen molar-refractivity contribution in [1.29, 1.82) is 0 Å². The zero-order valence-electron chi connectivity index (χ0n) is 14.4. The van der Waals surface area contributed by atoms with Crippen LogP contribution >= 0.6 is 0 Å². The monoisotopic (exact) mass is 374 g/mol. The summed E-state index contributed by atoms with van der Waals surface area (Å²) in [6, 6.07) is 12.0. The molecule has 0 aliphatic carbocycles. The zero-order chi connectivity index (χ0) is 18.7. The predicted octanol–water partition coefficient (Wildman–Crippen LogP) is 3.52. The summed E-state index contributed by atoms with van der Waals surface area (Å²) >= 11 is 0. The van der Waals surface area contributed by atoms with Crippen molar-refractivity contribution in [3.05, 3.63) is 64.5 Å². The van der Waals surface area contributed by atoms with Gasteiger partial charge in [-0.3, -0.25) is 0 Å². The highest BCUT2D eigenvalue weighted by Gasteiger charge is 2.17. The van der Waals surface area contributed by atoms with Gasteiger partial charge in [0.1, 0.15) is 22.0 Å². The summed E-state index contributed by atoms with van der Waals surface area (Å²) in [7, 11) is -2.52. The fourth-order valence-electron chi connectivity index (χ4n) is 2.66. The van der Waals surface area contributed by atoms with Gasteiger partial charge in [-0.05, 0) is 48.4 Å². The maximum absolute atomic E-state index is 12.4. The number of rotatable bonds is 6. The highest BCUT2D eigenvalue weighted by atomic mass is 32.2. The van der Waals surface area contributed by atoms with Gasteiger partial charge in [-0.2, -0.15) is 8.42 Å². The van der Waals surface area contributed by atoms with Crippen molar-refractivity contribution >= 4 is 21.1 Å². The average Bonchev–Trinajstić information content (AvgIpc) is 2.61. The number of fused-ring (bicyclic) bond motifs is 1. The molecule has 0 aliphatic heterocycles. The molecule has 26 heavy (non-hydrogen) atoms. The first-order valence-electron chi connectivity index (χ1n) is 8.08. The molecule has 0 atom stereocenters. The lowest BCUT2D eigenvalue weighted by molar-refractivity contribution is 0.414. The fourth-order valence-corrected chi connectivity index (χ4v) is 3.58. The molecular formula is C19H18O6S. The standard InChI is InChI=1S/C19H18O6S/c1-3-4-13-11-19(20)24-18-12-15(7-10-17(13)18)25-26(21,22)16-8-5-14(23-2)6-9-16/h5-12H,3-4H2,1-2H3. The Morgan fingerprint density at radius 1 is 1.00 bits per heavy atom. The van der Waals surface area contributed by atoms with E-state index in [2.05, 4.69) is 0 Å². The molecule has 0 fully saturated rings. The van der Waals surface area contributed by atoms with Crippen molar-refractivity contribution in [2.75, 3.05) is 7.11 Å². The number of ether oxygens (including phenoxy) is 1. The molecule has 136 valence electrons. The smallest absolute Gasteiger partial charge is 0.339 e. The Morgan fingerprint density at radius 3 is 2.35 bits per heavy atom. The number of hydrogen-bond acceptors (Lipinski definition) is 6. The summed E-state index contributed by atoms with van der Waals surface area (Å²) in [4.78, 5) is 11.7. The summed E-state index contributed by atoms with van der Waals surface area (Å²) in [5, 5.41) is 0.764. The van der Waals surface area contributed by atoms with E-state index in [9.17, 15) is 13.2 Å². The summed E-state index contributed by atoms with van der Waals surface area (Å²) in [5.74, 6) is 0.616. The second-order valence-corrected chi connectivity index (χ2v) is 7.26. The van der Waals surface area contributed by atoms with Crippen LogP contribution in [0.15, 0.2) is 62.6 Å². The van der Waals surface area contributed by atoms with Gasteiger partial charge in [0.2, 0.25) is 0 Å². The predicted molar refractivity (Wildman–Crippen MR) is 97.3 cm³/mol. The van der Waals surface area contributed by atoms with Crippen LogP contribution in [0, 0.1) is 0 Å². The molecule has 3 aromatic rings. The molecule has 0 unspecified atom stereocenters. The van der Waals surface area contributed by atoms with Gasteiger partial charge in [-0.25, -0.2) is 4.79 Å². The van der Waals surface area contributed by atoms with E-state index in [4.69, 9.17) is 13.3 Å². The van der Waals surface area contributed by atoms with Gasteiger partial charge in [0, 0.05) is 17.5 Å². The van der Waals surface area contributed by atoms with Crippen LogP contribution in [0.5, 0.6) is 11.5 Å². The SMILES string of the molecule is CCCc1cc(=O)oc2cc(OS(=O)(=O)c3ccc(OC)cc3)ccc12. The Morgan fingerprint density at radius 2 is 1.69 bits per heavy atom. The molecule has 0 aliphatic rings. The third kappa shape index (κ3) is 3.72. The minimum Gasteiger partial charge on any atom is -0.497 e. The van der Waals surface area contributed by atoms with Crippen molar-refractivity contribution in [1.82, 2.24) is 0 Å². The number of benzene rings is 2. The Balaban J connectivity index is 1.96. The molecule has 0 saturated heterocycles. The van der Waals surface area contributed by atoms with Crippen LogP contribution in [-0.2, 0) is 16.5 Å². The van der Waals surface area contributed by atoms with Crippen LogP contribution in [0.1, 0.15) is 18.9 Å². The summed E-state index contributed by atoms with van der Waals surface area (Å²) in [5.41, 5.74) is 0.683. The molecule has 1 heterocycles. The first-order chi connectivity index (χ1) is 12.4. The molecule has 0 radical (unpaired) electrons. The largest absolute Gasteiger partial charge is 0.497 e. The maximum atomic E-state index is 12.4. The average molecular weight is 374 g/mol. The van der Waals surface area contributed by atoms with Crippen molar-refractivity contribution in [3.8, 4) is 11.5 Å². The maximum Gasteiger partial charge on any atom is 0.339 e. The first-order valence-corrected chi connectivity index (χ1v) is 9.49. The van der Waals surface area contributed by atoms with Gasteiger partial charge < -0.3 is 13.3 Å². The normalized spacial score (nSPS) is 11.5. The summed E-state index contributed by atoms with van der Waals surface area (Å²) in [6.45, 7) is 2.01. The molecular weight excluding hydrogens is 356 g/mol. The van der Waals surface area contributed by atoms with E-state index in [0.717, 1.165) is 23.8 Å². The van der Waals surface area contributed by atoms with Crippen LogP contribution in [-0.4, -0.2) is 15.5 Å². The van der Waals surface area contributed by atoms with Gasteiger partial charge in [0.15, 0.2) is 0 Å². The van der Waals surface area contributed by atoms with Gasteiger partial charge in [-0.15, -0.1) is 0 Å². The summed E-state index contributed by atoms with van der Waals surface area (Å²) in [6.07, 6.45) is 1.61. The van der Waals surface area contributed by atoms with E-state index in [1.54, 1.807) is 12.1 Å². The third-order valence-electron chi connectivity index (χ3n) is 3.88. The molecule has 0 saturated carbocycles. The summed E-state index contributed by atoms with van der Waals surface area (Å²) < 4.78 is 40.2. The molecule has 0 amide bonds. The molecule has 3 rings (SSSR count). The van der Waals surface area contributed by atoms with Gasteiger partial charge in [0.05, 0.1) is 7.11 Å². The highest BCUT2D eigenvalue weighted by Crippen LogP contribution is 2.26. The number of methoxy groups -OCH3 is 1. The molecule has 2 aromatic carbocycles. The van der Waals surface area contributed by atoms with Crippen LogP contribution in [0.2, 0.25) is 0 Å². The van der Waals surface area contributed by atoms with Crippen LogP contribution in [0.3, 0.4) is 0 Å². The molecule has 7 heteroatoms. The lowest BCUT2D eigenvalue weighted by atomic mass is 10.1. The Bertz CT molecular complexity index is 1080. The quantitative estimate of drug-likeness (QED) is 0.485. The topological polar surface area (TPSA) is 82.8 Å². The van der Waals surface area contributed by atoms with E-state index < -0.39 is 15.7 Å². The first kappa shape index (κ1) is 18.0. The van der Waals surface area contributed by atoms with Crippen molar-refractivity contribution in [3.63, 3.8) is 0 Å². The van der Waals surface area contributed by atoms with E-state index in [-0.39, 0.29) is 10.6 Å². The van der Waals surface area contributed by atoms with E-state index in [1.165, 1.54) is 43.5 Å². The van der Waals surface area contributed by atoms with E-state index in [0.29, 0.717) is 11.3 Å². The minimum atomic E-state index is -4.01. The molecule has 0 N–H and O–H groups in total. The second-order valence-electron chi connectivity index (χ2n) is 5.71. The fraction of sp³-hybridized carbons (Fsp3) is 0.211. The Kier molecular flexibility index (Phi) is 4.99. The molecule has 6 nitrogen and oxygen atoms in total. The van der Waals surface area contributed by atoms with Crippen molar-refractivity contribution in [2.24, 2.45) is 0 Å². The molecule has 1 aromatic heterocycles. The minimum absolute atomic E-state index is 0.000386.